The van der Waals surface area contributed by atoms with Crippen LogP contribution in [-0.2, 0) is 12.4 Å². The maximum Gasteiger partial charge on any atom is 0.471 e. The largest absolute Gasteiger partial charge is 0.471 e. The van der Waals surface area contributed by atoms with Crippen molar-refractivity contribution in [2.75, 3.05) is 46.6 Å². The minimum absolute atomic E-state index is 0.194. The first-order chi connectivity index (χ1) is 25.2. The van der Waals surface area contributed by atoms with Gasteiger partial charge in [0.05, 0.1) is 0 Å². The minimum Gasteiger partial charge on any atom is -0.366 e. The fourth-order valence-electron chi connectivity index (χ4n) is 5.68. The average molecular weight is 743 g/mol. The minimum atomic E-state index is -4.71. The molecule has 8 rings (SSSR count). The van der Waals surface area contributed by atoms with E-state index in [2.05, 4.69) is 40.0 Å². The van der Waals surface area contributed by atoms with Crippen molar-refractivity contribution >= 4 is 34.1 Å². The quantitative estimate of drug-likeness (QED) is 0.157. The lowest BCUT2D eigenvalue weighted by Gasteiger charge is -2.34. The fourth-order valence-corrected chi connectivity index (χ4v) is 5.68. The topological polar surface area (TPSA) is 177 Å². The summed E-state index contributed by atoms with van der Waals surface area (Å²) >= 11 is 0. The first-order valence-corrected chi connectivity index (χ1v) is 15.9. The summed E-state index contributed by atoms with van der Waals surface area (Å²) < 4.78 is 83.5. The van der Waals surface area contributed by atoms with Crippen molar-refractivity contribution in [3.05, 3.63) is 101 Å². The third kappa shape index (κ3) is 6.86. The van der Waals surface area contributed by atoms with Crippen molar-refractivity contribution in [3.63, 3.8) is 0 Å². The molecule has 2 aromatic heterocycles. The molecule has 6 aromatic rings. The molecule has 53 heavy (non-hydrogen) atoms. The smallest absolute Gasteiger partial charge is 0.366 e. The van der Waals surface area contributed by atoms with Crippen LogP contribution in [0.15, 0.2) is 76.8 Å². The summed E-state index contributed by atoms with van der Waals surface area (Å²) in [4.78, 5) is 57.6. The van der Waals surface area contributed by atoms with E-state index < -0.39 is 45.8 Å². The second-order valence-corrected chi connectivity index (χ2v) is 12.0. The molecule has 0 saturated carbocycles. The Morgan fingerprint density at radius 2 is 0.887 bits per heavy atom. The fraction of sp³-hybridized carbons (Fsp3) is 0.273. The molecule has 2 aliphatic rings. The lowest BCUT2D eigenvalue weighted by Crippen LogP contribution is -2.47. The summed E-state index contributed by atoms with van der Waals surface area (Å²) in [5.41, 5.74) is 0.791. The van der Waals surface area contributed by atoms with Crippen LogP contribution in [0, 0.1) is 0 Å². The van der Waals surface area contributed by atoms with Crippen LogP contribution in [0.4, 0.5) is 60.5 Å². The van der Waals surface area contributed by atoms with Gasteiger partial charge in [0, 0.05) is 48.7 Å². The zero-order valence-corrected chi connectivity index (χ0v) is 27.0. The zero-order chi connectivity index (χ0) is 37.7. The lowest BCUT2D eigenvalue weighted by atomic mass is 10.1. The number of anilines is 6. The van der Waals surface area contributed by atoms with Gasteiger partial charge in [-0.3, -0.25) is 19.2 Å². The highest BCUT2D eigenvalue weighted by Crippen LogP contribution is 2.33. The molecule has 0 unspecified atom stereocenters. The molecule has 0 bridgehead atoms. The van der Waals surface area contributed by atoms with E-state index in [9.17, 15) is 45.5 Å². The molecule has 4 aromatic carbocycles. The molecule has 0 atom stereocenters. The van der Waals surface area contributed by atoms with E-state index >= 15 is 0 Å². The Morgan fingerprint density at radius 1 is 0.528 bits per heavy atom. The molecular weight excluding hydrogens is 718 g/mol. The van der Waals surface area contributed by atoms with Crippen LogP contribution in [0.1, 0.15) is 31.0 Å². The van der Waals surface area contributed by atoms with E-state index in [1.807, 2.05) is 9.80 Å². The zero-order valence-electron chi connectivity index (χ0n) is 27.0. The van der Waals surface area contributed by atoms with Crippen LogP contribution in [0.5, 0.6) is 0 Å². The molecule has 2 aliphatic heterocycles. The number of nitrogens with one attached hydrogen (secondary N) is 2. The second-order valence-electron chi connectivity index (χ2n) is 12.0. The highest BCUT2D eigenvalue weighted by molar-refractivity contribution is 5.81. The SMILES string of the molecule is O=c1c(Nc2ccc(-c3noc(C(F)(F)F)n3)cc2)c(N2CCC2)c1=O.O=c1c(Nc2ccc(-c3noc(C(F)(F)F)n3)cc2)c(N2CCCC2)c1=O. The van der Waals surface area contributed by atoms with Crippen LogP contribution >= 0.6 is 0 Å². The number of halogens is 6. The molecule has 4 heterocycles. The maximum atomic E-state index is 12.5. The van der Waals surface area contributed by atoms with E-state index in [0.29, 0.717) is 33.9 Å². The predicted molar refractivity (Wildman–Crippen MR) is 177 cm³/mol. The van der Waals surface area contributed by atoms with Crippen LogP contribution in [0.25, 0.3) is 22.8 Å². The Bertz CT molecular complexity index is 2410. The molecule has 2 N–H and O–H groups in total. The number of rotatable bonds is 8. The van der Waals surface area contributed by atoms with Crippen LogP contribution in [0.2, 0.25) is 0 Å². The molecule has 20 heteroatoms. The number of hydrogen-bond donors (Lipinski definition) is 2. The summed E-state index contributed by atoms with van der Waals surface area (Å²) in [6.45, 7) is 2.94. The van der Waals surface area contributed by atoms with E-state index in [-0.39, 0.29) is 23.0 Å². The van der Waals surface area contributed by atoms with Gasteiger partial charge in [-0.05, 0) is 67.8 Å². The summed E-state index contributed by atoms with van der Waals surface area (Å²) in [5.74, 6) is -3.23. The Hall–Kier alpha value is -6.34. The van der Waals surface area contributed by atoms with Crippen LogP contribution in [-0.4, -0.2) is 46.5 Å². The number of alkyl halides is 6. The van der Waals surface area contributed by atoms with Crippen molar-refractivity contribution in [3.8, 4) is 22.8 Å². The van der Waals surface area contributed by atoms with Gasteiger partial charge in [-0.25, -0.2) is 0 Å². The summed E-state index contributed by atoms with van der Waals surface area (Å²) in [6, 6.07) is 12.2. The highest BCUT2D eigenvalue weighted by Gasteiger charge is 2.39. The highest BCUT2D eigenvalue weighted by atomic mass is 19.4. The Labute approximate surface area is 292 Å². The molecule has 0 radical (unpaired) electrons. The standard InChI is InChI=1S/C17H13F3N4O3.C16H11F3N4O3/c18-17(19,20)16-22-15(23-27-16)9-3-5-10(6-4-9)21-11-12(14(26)13(11)25)24-7-1-2-8-24;17-16(18,19)15-21-14(22-26-15)8-2-4-9(5-3-8)20-10-11(13(25)12(10)24)23-6-1-7-23/h3-6,21H,1-2,7-8H2;2-5,20H,1,6-7H2. The van der Waals surface area contributed by atoms with E-state index in [1.165, 1.54) is 24.3 Å². The van der Waals surface area contributed by atoms with Gasteiger partial charge in [-0.15, -0.1) is 0 Å². The molecule has 0 aliphatic carbocycles. The van der Waals surface area contributed by atoms with E-state index in [4.69, 9.17) is 0 Å². The van der Waals surface area contributed by atoms with Gasteiger partial charge in [-0.1, -0.05) is 10.3 Å². The van der Waals surface area contributed by atoms with Gasteiger partial charge in [0.2, 0.25) is 11.6 Å². The summed E-state index contributed by atoms with van der Waals surface area (Å²) in [7, 11) is 0. The van der Waals surface area contributed by atoms with Gasteiger partial charge in [-0.2, -0.15) is 36.3 Å². The maximum absolute atomic E-state index is 12.5. The third-order valence-corrected chi connectivity index (χ3v) is 8.53. The second kappa shape index (κ2) is 13.3. The molecule has 14 nitrogen and oxygen atoms in total. The van der Waals surface area contributed by atoms with Crippen molar-refractivity contribution in [2.24, 2.45) is 0 Å². The lowest BCUT2D eigenvalue weighted by molar-refractivity contribution is -0.160. The molecule has 0 amide bonds. The third-order valence-electron chi connectivity index (χ3n) is 8.53. The first-order valence-electron chi connectivity index (χ1n) is 15.9. The number of hydrogen-bond acceptors (Lipinski definition) is 14. The van der Waals surface area contributed by atoms with Crippen LogP contribution in [0.3, 0.4) is 0 Å². The van der Waals surface area contributed by atoms with Gasteiger partial charge < -0.3 is 29.5 Å². The van der Waals surface area contributed by atoms with Crippen molar-refractivity contribution < 1.29 is 35.4 Å². The normalized spacial score (nSPS) is 14.7. The summed E-state index contributed by atoms with van der Waals surface area (Å²) in [6.07, 6.45) is -6.50. The summed E-state index contributed by atoms with van der Waals surface area (Å²) in [5, 5.41) is 12.4. The average Bonchev–Trinajstić information content (AvgIpc) is 3.92. The molecule has 2 fully saturated rings. The number of benzene rings is 2. The number of aromatic nitrogens is 4. The molecule has 2 saturated heterocycles. The van der Waals surface area contributed by atoms with Crippen molar-refractivity contribution in [2.45, 2.75) is 31.6 Å². The van der Waals surface area contributed by atoms with E-state index in [1.54, 1.807) is 24.3 Å². The monoisotopic (exact) mass is 742 g/mol. The number of nitrogens with zero attached hydrogens (tertiary/aromatic N) is 6. The Balaban J connectivity index is 0.000000164. The Kier molecular flexibility index (Phi) is 8.82. The molecular formula is C33H24F6N8O6. The van der Waals surface area contributed by atoms with Crippen LogP contribution < -0.4 is 42.1 Å². The predicted octanol–water partition coefficient (Wildman–Crippen LogP) is 5.00. The first kappa shape index (κ1) is 35.1. The van der Waals surface area contributed by atoms with Gasteiger partial charge >= 0.3 is 24.1 Å². The van der Waals surface area contributed by atoms with Crippen molar-refractivity contribution in [1.82, 2.24) is 20.3 Å². The van der Waals surface area contributed by atoms with E-state index in [0.717, 1.165) is 45.4 Å². The Morgan fingerprint density at radius 3 is 1.19 bits per heavy atom. The molecule has 274 valence electrons. The van der Waals surface area contributed by atoms with Crippen molar-refractivity contribution in [1.29, 1.82) is 0 Å². The van der Waals surface area contributed by atoms with Gasteiger partial charge in [0.15, 0.2) is 0 Å². The van der Waals surface area contributed by atoms with Gasteiger partial charge in [0.25, 0.3) is 21.7 Å². The van der Waals surface area contributed by atoms with Gasteiger partial charge in [0.1, 0.15) is 22.7 Å². The molecule has 0 spiro atoms.